The van der Waals surface area contributed by atoms with Gasteiger partial charge in [-0.05, 0) is 13.3 Å². The van der Waals surface area contributed by atoms with Gasteiger partial charge in [-0.1, -0.05) is 13.3 Å². The van der Waals surface area contributed by atoms with Crippen molar-refractivity contribution in [3.8, 4) is 0 Å². The molecule has 3 heteroatoms. The predicted octanol–water partition coefficient (Wildman–Crippen LogP) is 0.0637. The third-order valence-electron chi connectivity index (χ3n) is 1.47. The van der Waals surface area contributed by atoms with E-state index >= 15 is 0 Å². The van der Waals surface area contributed by atoms with Gasteiger partial charge < -0.3 is 10.8 Å². The maximum Gasteiger partial charge on any atom is 0.149 e. The third-order valence-corrected chi connectivity index (χ3v) is 1.47. The summed E-state index contributed by atoms with van der Waals surface area (Å²) in [6.45, 7) is 3.33. The quantitative estimate of drug-likeness (QED) is 0.588. The van der Waals surface area contributed by atoms with Gasteiger partial charge in [0.1, 0.15) is 5.78 Å². The molecule has 0 fully saturated rings. The Balaban J connectivity index is 3.69. The molecule has 0 aromatic heterocycles. The van der Waals surface area contributed by atoms with Crippen LogP contribution in [0.4, 0.5) is 0 Å². The fourth-order valence-electron chi connectivity index (χ4n) is 0.746. The van der Waals surface area contributed by atoms with Gasteiger partial charge in [-0.15, -0.1) is 0 Å². The second-order valence-electron chi connectivity index (χ2n) is 2.49. The molecule has 0 aliphatic rings. The molecule has 0 spiro atoms. The number of ketones is 1. The minimum absolute atomic E-state index is 0.152. The van der Waals surface area contributed by atoms with E-state index in [9.17, 15) is 4.79 Å². The van der Waals surface area contributed by atoms with E-state index in [0.29, 0.717) is 6.42 Å². The first-order valence-corrected chi connectivity index (χ1v) is 3.53. The van der Waals surface area contributed by atoms with E-state index < -0.39 is 12.1 Å². The second kappa shape index (κ2) is 4.41. The van der Waals surface area contributed by atoms with Crippen LogP contribution in [0.5, 0.6) is 0 Å². The molecule has 0 rings (SSSR count). The zero-order valence-corrected chi connectivity index (χ0v) is 6.50. The summed E-state index contributed by atoms with van der Waals surface area (Å²) in [5, 5.41) is 9.14. The number of aliphatic hydroxyl groups excluding tert-OH is 1. The first kappa shape index (κ1) is 9.59. The van der Waals surface area contributed by atoms with Gasteiger partial charge in [0, 0.05) is 0 Å². The lowest BCUT2D eigenvalue weighted by Crippen LogP contribution is -2.40. The van der Waals surface area contributed by atoms with Gasteiger partial charge in [-0.25, -0.2) is 0 Å². The molecule has 0 bridgehead atoms. The van der Waals surface area contributed by atoms with Crippen LogP contribution in [0.2, 0.25) is 0 Å². The van der Waals surface area contributed by atoms with Gasteiger partial charge in [0.25, 0.3) is 0 Å². The largest absolute Gasteiger partial charge is 0.391 e. The normalized spacial score (nSPS) is 16.4. The number of aliphatic hydroxyl groups is 1. The lowest BCUT2D eigenvalue weighted by Gasteiger charge is -2.14. The summed E-state index contributed by atoms with van der Waals surface area (Å²) in [6, 6.07) is -0.694. The van der Waals surface area contributed by atoms with E-state index in [2.05, 4.69) is 0 Å². The first-order valence-electron chi connectivity index (χ1n) is 3.53. The summed E-state index contributed by atoms with van der Waals surface area (Å²) in [4.78, 5) is 10.6. The molecule has 0 radical (unpaired) electrons. The number of carbonyl (C=O) groups excluding carboxylic acids is 1. The number of hydrogen-bond donors (Lipinski definition) is 2. The summed E-state index contributed by atoms with van der Waals surface area (Å²) < 4.78 is 0. The lowest BCUT2D eigenvalue weighted by atomic mass is 10.0. The summed E-state index contributed by atoms with van der Waals surface area (Å²) in [7, 11) is 0. The van der Waals surface area contributed by atoms with Crippen LogP contribution in [-0.4, -0.2) is 23.0 Å². The van der Waals surface area contributed by atoms with Crippen LogP contribution in [0.3, 0.4) is 0 Å². The van der Waals surface area contributed by atoms with Gasteiger partial charge in [-0.3, -0.25) is 4.79 Å². The number of carbonyl (C=O) groups is 1. The van der Waals surface area contributed by atoms with Gasteiger partial charge >= 0.3 is 0 Å². The number of Topliss-reactive ketones (excluding diaryl/α,β-unsaturated/α-hetero) is 1. The molecular formula is C7H15NO2. The van der Waals surface area contributed by atoms with Crippen LogP contribution < -0.4 is 5.73 Å². The van der Waals surface area contributed by atoms with Gasteiger partial charge in [0.05, 0.1) is 12.1 Å². The van der Waals surface area contributed by atoms with Gasteiger partial charge in [0.15, 0.2) is 0 Å². The summed E-state index contributed by atoms with van der Waals surface area (Å²) >= 11 is 0. The van der Waals surface area contributed by atoms with Crippen molar-refractivity contribution in [2.45, 2.75) is 38.8 Å². The van der Waals surface area contributed by atoms with Crippen LogP contribution in [-0.2, 0) is 4.79 Å². The van der Waals surface area contributed by atoms with Crippen molar-refractivity contribution < 1.29 is 9.90 Å². The molecule has 0 unspecified atom stereocenters. The molecule has 0 saturated heterocycles. The minimum atomic E-state index is -0.694. The van der Waals surface area contributed by atoms with Crippen molar-refractivity contribution in [3.05, 3.63) is 0 Å². The second-order valence-corrected chi connectivity index (χ2v) is 2.49. The minimum Gasteiger partial charge on any atom is -0.391 e. The van der Waals surface area contributed by atoms with Crippen molar-refractivity contribution in [3.63, 3.8) is 0 Å². The fraction of sp³-hybridized carbons (Fsp3) is 0.857. The number of hydrogen-bond acceptors (Lipinski definition) is 3. The molecule has 10 heavy (non-hydrogen) atoms. The Bertz CT molecular complexity index is 114. The Labute approximate surface area is 61.2 Å². The number of rotatable bonds is 4. The number of nitrogens with two attached hydrogens (primary N) is 1. The van der Waals surface area contributed by atoms with Crippen LogP contribution in [0.1, 0.15) is 26.7 Å². The molecule has 2 atom stereocenters. The highest BCUT2D eigenvalue weighted by molar-refractivity contribution is 5.81. The predicted molar refractivity (Wildman–Crippen MR) is 39.6 cm³/mol. The molecule has 0 heterocycles. The van der Waals surface area contributed by atoms with Crippen LogP contribution in [0, 0.1) is 0 Å². The SMILES string of the molecule is CCC[C@@H](O)[C@H](N)C(C)=O. The fourth-order valence-corrected chi connectivity index (χ4v) is 0.746. The summed E-state index contributed by atoms with van der Waals surface area (Å²) in [5.74, 6) is -0.152. The van der Waals surface area contributed by atoms with Crippen molar-refractivity contribution in [2.75, 3.05) is 0 Å². The highest BCUT2D eigenvalue weighted by Crippen LogP contribution is 2.00. The molecular weight excluding hydrogens is 130 g/mol. The van der Waals surface area contributed by atoms with E-state index in [1.54, 1.807) is 0 Å². The zero-order valence-electron chi connectivity index (χ0n) is 6.50. The molecule has 0 aliphatic carbocycles. The maximum atomic E-state index is 10.6. The summed E-state index contributed by atoms with van der Waals surface area (Å²) in [5.41, 5.74) is 5.35. The van der Waals surface area contributed by atoms with Crippen molar-refractivity contribution in [2.24, 2.45) is 5.73 Å². The van der Waals surface area contributed by atoms with Gasteiger partial charge in [0.2, 0.25) is 0 Å². The van der Waals surface area contributed by atoms with E-state index in [1.165, 1.54) is 6.92 Å². The lowest BCUT2D eigenvalue weighted by molar-refractivity contribution is -0.120. The van der Waals surface area contributed by atoms with Gasteiger partial charge in [-0.2, -0.15) is 0 Å². The highest BCUT2D eigenvalue weighted by Gasteiger charge is 2.17. The Morgan fingerprint density at radius 2 is 2.20 bits per heavy atom. The maximum absolute atomic E-state index is 10.6. The molecule has 0 amide bonds. The third kappa shape index (κ3) is 2.94. The highest BCUT2D eigenvalue weighted by atomic mass is 16.3. The molecule has 60 valence electrons. The average Bonchev–Trinajstić information content (AvgIpc) is 1.87. The van der Waals surface area contributed by atoms with Crippen LogP contribution >= 0.6 is 0 Å². The van der Waals surface area contributed by atoms with E-state index in [-0.39, 0.29) is 5.78 Å². The Kier molecular flexibility index (Phi) is 4.23. The van der Waals surface area contributed by atoms with E-state index in [1.807, 2.05) is 6.92 Å². The monoisotopic (exact) mass is 145 g/mol. The van der Waals surface area contributed by atoms with Crippen molar-refractivity contribution >= 4 is 5.78 Å². The Morgan fingerprint density at radius 3 is 2.50 bits per heavy atom. The Morgan fingerprint density at radius 1 is 1.70 bits per heavy atom. The van der Waals surface area contributed by atoms with Crippen LogP contribution in [0.15, 0.2) is 0 Å². The summed E-state index contributed by atoms with van der Waals surface area (Å²) in [6.07, 6.45) is 0.783. The van der Waals surface area contributed by atoms with Crippen molar-refractivity contribution in [1.29, 1.82) is 0 Å². The smallest absolute Gasteiger partial charge is 0.149 e. The Hall–Kier alpha value is -0.410. The molecule has 0 aromatic carbocycles. The standard InChI is InChI=1S/C7H15NO2/c1-3-4-6(10)7(8)5(2)9/h6-7,10H,3-4,8H2,1-2H3/t6-,7-/m1/s1. The molecule has 3 nitrogen and oxygen atoms in total. The van der Waals surface area contributed by atoms with Crippen LogP contribution in [0.25, 0.3) is 0 Å². The van der Waals surface area contributed by atoms with E-state index in [0.717, 1.165) is 6.42 Å². The average molecular weight is 145 g/mol. The van der Waals surface area contributed by atoms with Crippen molar-refractivity contribution in [1.82, 2.24) is 0 Å². The zero-order chi connectivity index (χ0) is 8.15. The molecule has 0 aromatic rings. The first-order chi connectivity index (χ1) is 4.59. The molecule has 3 N–H and O–H groups in total. The molecule has 0 aliphatic heterocycles. The molecule has 0 saturated carbocycles. The topological polar surface area (TPSA) is 63.3 Å². The van der Waals surface area contributed by atoms with E-state index in [4.69, 9.17) is 10.8 Å².